The number of para-hydroxylation sites is 1. The molecule has 1 heterocycles. The number of aromatic nitrogens is 3. The zero-order valence-corrected chi connectivity index (χ0v) is 14.1. The number of rotatable bonds is 5. The van der Waals surface area contributed by atoms with E-state index in [1.54, 1.807) is 7.05 Å². The van der Waals surface area contributed by atoms with Crippen molar-refractivity contribution in [3.8, 4) is 11.4 Å². The smallest absolute Gasteiger partial charge is 0.282 e. The second kappa shape index (κ2) is 7.04. The summed E-state index contributed by atoms with van der Waals surface area (Å²) in [6.07, 6.45) is 0. The van der Waals surface area contributed by atoms with Crippen LogP contribution < -0.4 is 15.4 Å². The average molecular weight is 337 g/mol. The van der Waals surface area contributed by atoms with Crippen molar-refractivity contribution in [2.45, 2.75) is 6.92 Å². The first-order valence-electron chi connectivity index (χ1n) is 7.89. The summed E-state index contributed by atoms with van der Waals surface area (Å²) < 4.78 is 6.85. The zero-order chi connectivity index (χ0) is 17.8. The van der Waals surface area contributed by atoms with Gasteiger partial charge in [-0.2, -0.15) is 4.68 Å². The van der Waals surface area contributed by atoms with Gasteiger partial charge in [0.15, 0.2) is 11.5 Å². The maximum Gasteiger partial charge on any atom is 0.282 e. The predicted molar refractivity (Wildman–Crippen MR) is 96.1 cm³/mol. The molecule has 128 valence electrons. The summed E-state index contributed by atoms with van der Waals surface area (Å²) >= 11 is 0. The molecule has 0 unspecified atom stereocenters. The van der Waals surface area contributed by atoms with Crippen LogP contribution in [0.3, 0.4) is 0 Å². The van der Waals surface area contributed by atoms with Crippen molar-refractivity contribution in [2.24, 2.45) is 0 Å². The number of anilines is 2. The minimum atomic E-state index is -0.319. The third kappa shape index (κ3) is 3.30. The van der Waals surface area contributed by atoms with Gasteiger partial charge in [-0.05, 0) is 43.3 Å². The molecular weight excluding hydrogens is 318 g/mol. The third-order valence-corrected chi connectivity index (χ3v) is 3.75. The lowest BCUT2D eigenvalue weighted by atomic mass is 10.2. The van der Waals surface area contributed by atoms with Crippen LogP contribution in [0.4, 0.5) is 11.5 Å². The van der Waals surface area contributed by atoms with E-state index < -0.39 is 0 Å². The van der Waals surface area contributed by atoms with Gasteiger partial charge >= 0.3 is 0 Å². The number of carbonyl (C=O) groups is 1. The number of hydrogen-bond donors (Lipinski definition) is 1. The molecule has 0 aliphatic rings. The Morgan fingerprint density at radius 2 is 1.84 bits per heavy atom. The second-order valence-corrected chi connectivity index (χ2v) is 5.36. The summed E-state index contributed by atoms with van der Waals surface area (Å²) in [6.45, 7) is 2.51. The highest BCUT2D eigenvalue weighted by Gasteiger charge is 2.22. The predicted octanol–water partition coefficient (Wildman–Crippen LogP) is 2.52. The van der Waals surface area contributed by atoms with Crippen LogP contribution >= 0.6 is 0 Å². The number of nitrogen functional groups attached to an aromatic ring is 1. The highest BCUT2D eigenvalue weighted by Crippen LogP contribution is 2.21. The summed E-state index contributed by atoms with van der Waals surface area (Å²) in [5.74, 6) is 0.628. The Bertz CT molecular complexity index is 859. The van der Waals surface area contributed by atoms with E-state index in [0.29, 0.717) is 12.3 Å². The van der Waals surface area contributed by atoms with E-state index in [9.17, 15) is 4.79 Å². The topological polar surface area (TPSA) is 86.3 Å². The van der Waals surface area contributed by atoms with Crippen molar-refractivity contribution in [1.82, 2.24) is 15.0 Å². The minimum Gasteiger partial charge on any atom is -0.494 e. The summed E-state index contributed by atoms with van der Waals surface area (Å²) in [7, 11) is 1.67. The van der Waals surface area contributed by atoms with Gasteiger partial charge in [0.2, 0.25) is 0 Å². The molecule has 0 spiro atoms. The summed E-state index contributed by atoms with van der Waals surface area (Å²) in [5, 5.41) is 7.97. The molecule has 0 radical (unpaired) electrons. The number of amides is 1. The standard InChI is InChI=1S/C18H19N5O2/c1-3-25-15-11-9-14(10-12-15)23-17(19)16(20-21-23)18(24)22(2)13-7-5-4-6-8-13/h4-12H,3,19H2,1-2H3. The molecule has 1 aromatic heterocycles. The van der Waals surface area contributed by atoms with Crippen LogP contribution in [0.15, 0.2) is 54.6 Å². The van der Waals surface area contributed by atoms with Crippen LogP contribution in [0, 0.1) is 0 Å². The van der Waals surface area contributed by atoms with E-state index in [4.69, 9.17) is 10.5 Å². The molecule has 0 saturated heterocycles. The van der Waals surface area contributed by atoms with E-state index in [0.717, 1.165) is 11.4 Å². The van der Waals surface area contributed by atoms with Crippen molar-refractivity contribution in [3.63, 3.8) is 0 Å². The Hall–Kier alpha value is -3.35. The van der Waals surface area contributed by atoms with E-state index >= 15 is 0 Å². The van der Waals surface area contributed by atoms with Gasteiger partial charge in [-0.1, -0.05) is 23.4 Å². The quantitative estimate of drug-likeness (QED) is 0.773. The Labute approximate surface area is 145 Å². The van der Waals surface area contributed by atoms with Gasteiger partial charge in [-0.25, -0.2) is 0 Å². The van der Waals surface area contributed by atoms with E-state index in [1.165, 1.54) is 9.58 Å². The summed E-state index contributed by atoms with van der Waals surface area (Å²) in [4.78, 5) is 14.1. The molecule has 3 rings (SSSR count). The fraction of sp³-hybridized carbons (Fsp3) is 0.167. The molecule has 0 aliphatic carbocycles. The van der Waals surface area contributed by atoms with Crippen LogP contribution in [0.5, 0.6) is 5.75 Å². The average Bonchev–Trinajstić information content (AvgIpc) is 3.03. The van der Waals surface area contributed by atoms with Crippen LogP contribution in [0.1, 0.15) is 17.4 Å². The molecule has 0 saturated carbocycles. The molecule has 25 heavy (non-hydrogen) atoms. The Balaban J connectivity index is 1.86. The molecule has 7 nitrogen and oxygen atoms in total. The van der Waals surface area contributed by atoms with E-state index in [-0.39, 0.29) is 17.4 Å². The maximum atomic E-state index is 12.7. The highest BCUT2D eigenvalue weighted by molar-refractivity contribution is 6.07. The third-order valence-electron chi connectivity index (χ3n) is 3.75. The number of benzene rings is 2. The largest absolute Gasteiger partial charge is 0.494 e. The van der Waals surface area contributed by atoms with Gasteiger partial charge in [0.25, 0.3) is 5.91 Å². The molecule has 0 fully saturated rings. The Morgan fingerprint density at radius 1 is 1.16 bits per heavy atom. The van der Waals surface area contributed by atoms with Gasteiger partial charge in [-0.3, -0.25) is 4.79 Å². The van der Waals surface area contributed by atoms with E-state index in [1.807, 2.05) is 61.5 Å². The highest BCUT2D eigenvalue weighted by atomic mass is 16.5. The van der Waals surface area contributed by atoms with Gasteiger partial charge in [0.05, 0.1) is 12.3 Å². The summed E-state index contributed by atoms with van der Waals surface area (Å²) in [5.41, 5.74) is 7.68. The molecule has 2 aromatic carbocycles. The molecule has 3 aromatic rings. The lowest BCUT2D eigenvalue weighted by molar-refractivity contribution is 0.0989. The Morgan fingerprint density at radius 3 is 2.48 bits per heavy atom. The number of hydrogen-bond acceptors (Lipinski definition) is 5. The molecular formula is C18H19N5O2. The van der Waals surface area contributed by atoms with Crippen LogP contribution in [-0.2, 0) is 0 Å². The zero-order valence-electron chi connectivity index (χ0n) is 14.1. The normalized spacial score (nSPS) is 10.5. The molecule has 0 atom stereocenters. The van der Waals surface area contributed by atoms with Crippen molar-refractivity contribution in [1.29, 1.82) is 0 Å². The maximum absolute atomic E-state index is 12.7. The first-order valence-corrected chi connectivity index (χ1v) is 7.89. The lowest BCUT2D eigenvalue weighted by Gasteiger charge is -2.15. The van der Waals surface area contributed by atoms with Crippen molar-refractivity contribution < 1.29 is 9.53 Å². The molecule has 0 aliphatic heterocycles. The van der Waals surface area contributed by atoms with Gasteiger partial charge in [0.1, 0.15) is 5.75 Å². The fourth-order valence-corrected chi connectivity index (χ4v) is 2.41. The first kappa shape index (κ1) is 16.5. The number of ether oxygens (including phenoxy) is 1. The minimum absolute atomic E-state index is 0.111. The first-order chi connectivity index (χ1) is 12.1. The molecule has 0 bridgehead atoms. The van der Waals surface area contributed by atoms with Crippen LogP contribution in [0.25, 0.3) is 5.69 Å². The lowest BCUT2D eigenvalue weighted by Crippen LogP contribution is -2.27. The number of carbonyl (C=O) groups excluding carboxylic acids is 1. The number of nitrogens with two attached hydrogens (primary N) is 1. The second-order valence-electron chi connectivity index (χ2n) is 5.36. The van der Waals surface area contributed by atoms with E-state index in [2.05, 4.69) is 10.3 Å². The molecule has 7 heteroatoms. The Kier molecular flexibility index (Phi) is 4.65. The summed E-state index contributed by atoms with van der Waals surface area (Å²) in [6, 6.07) is 16.5. The van der Waals surface area contributed by atoms with Crippen molar-refractivity contribution in [3.05, 3.63) is 60.3 Å². The molecule has 1 amide bonds. The SMILES string of the molecule is CCOc1ccc(-n2nnc(C(=O)N(C)c3ccccc3)c2N)cc1. The van der Waals surface area contributed by atoms with Crippen LogP contribution in [-0.4, -0.2) is 34.6 Å². The van der Waals surface area contributed by atoms with Crippen molar-refractivity contribution >= 4 is 17.4 Å². The van der Waals surface area contributed by atoms with Crippen LogP contribution in [0.2, 0.25) is 0 Å². The molecule has 2 N–H and O–H groups in total. The monoisotopic (exact) mass is 337 g/mol. The van der Waals surface area contributed by atoms with Gasteiger partial charge in [0, 0.05) is 12.7 Å². The fourth-order valence-electron chi connectivity index (χ4n) is 2.41. The van der Waals surface area contributed by atoms with Gasteiger partial charge in [-0.15, -0.1) is 5.10 Å². The van der Waals surface area contributed by atoms with Crippen molar-refractivity contribution in [2.75, 3.05) is 24.3 Å². The van der Waals surface area contributed by atoms with Gasteiger partial charge < -0.3 is 15.4 Å². The number of nitrogens with zero attached hydrogens (tertiary/aromatic N) is 4.